The van der Waals surface area contributed by atoms with Crippen molar-refractivity contribution in [1.82, 2.24) is 19.7 Å². The predicted molar refractivity (Wildman–Crippen MR) is 139 cm³/mol. The summed E-state index contributed by atoms with van der Waals surface area (Å²) in [5, 5.41) is 10.7. The van der Waals surface area contributed by atoms with E-state index in [9.17, 15) is 14.7 Å². The van der Waals surface area contributed by atoms with Gasteiger partial charge in [0.1, 0.15) is 5.78 Å². The van der Waals surface area contributed by atoms with Crippen LogP contribution in [-0.2, 0) is 24.3 Å². The van der Waals surface area contributed by atoms with E-state index in [1.807, 2.05) is 17.2 Å². The molecule has 2 aromatic rings. The number of carbonyl (C=O) groups excluding carboxylic acids is 2. The molecule has 0 bridgehead atoms. The fraction of sp³-hybridized carbons (Fsp3) is 0.536. The lowest BCUT2D eigenvalue weighted by atomic mass is 9.93. The number of pyridine rings is 1. The van der Waals surface area contributed by atoms with E-state index >= 15 is 0 Å². The number of amides is 2. The molecule has 3 aliphatic heterocycles. The van der Waals surface area contributed by atoms with Gasteiger partial charge in [0.25, 0.3) is 0 Å². The smallest absolute Gasteiger partial charge is 0.320 e. The molecule has 2 saturated heterocycles. The van der Waals surface area contributed by atoms with E-state index in [0.717, 1.165) is 56.8 Å². The number of nitrogens with zero attached hydrogens (tertiary/aromatic N) is 5. The Kier molecular flexibility index (Phi) is 7.53. The highest BCUT2D eigenvalue weighted by atomic mass is 16.3. The van der Waals surface area contributed by atoms with Gasteiger partial charge in [0.2, 0.25) is 0 Å². The molecule has 0 radical (unpaired) electrons. The standard InChI is InChI=1S/C28H37N5O3/c1-21(34)22-9-12-31(13-10-22)26-7-6-25(29-16-26)18-32-14-15-33(28(32)36)20-27(35)19-30-11-8-23-4-2-3-5-24(23)17-30/h2-7,16,22,27,35H,8-15,17-20H2,1H3/t27-/m1/s1. The molecule has 1 atom stereocenters. The van der Waals surface area contributed by atoms with Gasteiger partial charge >= 0.3 is 6.03 Å². The van der Waals surface area contributed by atoms with Crippen LogP contribution in [0.5, 0.6) is 0 Å². The number of hydrogen-bond donors (Lipinski definition) is 1. The van der Waals surface area contributed by atoms with Crippen LogP contribution in [0.1, 0.15) is 36.6 Å². The van der Waals surface area contributed by atoms with Crippen LogP contribution in [0.2, 0.25) is 0 Å². The number of rotatable bonds is 8. The number of hydrogen-bond acceptors (Lipinski definition) is 6. The highest BCUT2D eigenvalue weighted by Gasteiger charge is 2.31. The van der Waals surface area contributed by atoms with Crippen LogP contribution in [0.25, 0.3) is 0 Å². The van der Waals surface area contributed by atoms with Crippen molar-refractivity contribution in [3.8, 4) is 0 Å². The number of anilines is 1. The maximum absolute atomic E-state index is 13.0. The molecule has 0 saturated carbocycles. The lowest BCUT2D eigenvalue weighted by molar-refractivity contribution is -0.121. The fourth-order valence-electron chi connectivity index (χ4n) is 5.71. The number of carbonyl (C=O) groups is 2. The number of aromatic nitrogens is 1. The van der Waals surface area contributed by atoms with E-state index < -0.39 is 6.10 Å². The third-order valence-corrected chi connectivity index (χ3v) is 7.89. The minimum atomic E-state index is -0.566. The van der Waals surface area contributed by atoms with Crippen LogP contribution >= 0.6 is 0 Å². The summed E-state index contributed by atoms with van der Waals surface area (Å²) >= 11 is 0. The first-order chi connectivity index (χ1) is 17.5. The lowest BCUT2D eigenvalue weighted by Crippen LogP contribution is -2.43. The van der Waals surface area contributed by atoms with Crippen LogP contribution < -0.4 is 4.90 Å². The molecule has 3 aliphatic rings. The summed E-state index contributed by atoms with van der Waals surface area (Å²) in [7, 11) is 0. The van der Waals surface area contributed by atoms with Gasteiger partial charge in [-0.15, -0.1) is 0 Å². The van der Waals surface area contributed by atoms with Gasteiger partial charge < -0.3 is 19.8 Å². The van der Waals surface area contributed by atoms with Crippen molar-refractivity contribution in [1.29, 1.82) is 0 Å². The van der Waals surface area contributed by atoms with Gasteiger partial charge in [-0.3, -0.25) is 14.7 Å². The molecule has 1 aromatic carbocycles. The Morgan fingerprint density at radius 3 is 2.47 bits per heavy atom. The Morgan fingerprint density at radius 1 is 1.00 bits per heavy atom. The van der Waals surface area contributed by atoms with E-state index in [1.165, 1.54) is 11.1 Å². The zero-order valence-corrected chi connectivity index (χ0v) is 21.2. The summed E-state index contributed by atoms with van der Waals surface area (Å²) in [4.78, 5) is 37.3. The summed E-state index contributed by atoms with van der Waals surface area (Å²) < 4.78 is 0. The SMILES string of the molecule is CC(=O)C1CCN(c2ccc(CN3CCN(C[C@H](O)CN4CCc5ccccc5C4)C3=O)nc2)CC1. The highest BCUT2D eigenvalue weighted by Crippen LogP contribution is 2.24. The average Bonchev–Trinajstić information content (AvgIpc) is 3.22. The van der Waals surface area contributed by atoms with Gasteiger partial charge in [0.05, 0.1) is 30.2 Å². The topological polar surface area (TPSA) is 80.2 Å². The number of aliphatic hydroxyl groups excluding tert-OH is 1. The molecule has 0 unspecified atom stereocenters. The summed E-state index contributed by atoms with van der Waals surface area (Å²) in [5.41, 5.74) is 4.66. The fourth-order valence-corrected chi connectivity index (χ4v) is 5.71. The third-order valence-electron chi connectivity index (χ3n) is 7.89. The van der Waals surface area contributed by atoms with Crippen molar-refractivity contribution >= 4 is 17.5 Å². The van der Waals surface area contributed by atoms with Crippen molar-refractivity contribution in [2.45, 2.75) is 45.4 Å². The number of aliphatic hydroxyl groups is 1. The number of urea groups is 1. The van der Waals surface area contributed by atoms with E-state index in [2.05, 4.69) is 45.1 Å². The van der Waals surface area contributed by atoms with E-state index in [4.69, 9.17) is 0 Å². The normalized spacial score (nSPS) is 20.1. The van der Waals surface area contributed by atoms with Crippen LogP contribution in [0.15, 0.2) is 42.6 Å². The Bertz CT molecular complexity index is 1070. The van der Waals surface area contributed by atoms with Crippen LogP contribution in [-0.4, -0.2) is 88.5 Å². The molecular formula is C28H37N5O3. The molecule has 5 rings (SSSR count). The summed E-state index contributed by atoms with van der Waals surface area (Å²) in [6.07, 6.45) is 4.10. The Balaban J connectivity index is 1.08. The van der Waals surface area contributed by atoms with Crippen LogP contribution in [0.3, 0.4) is 0 Å². The van der Waals surface area contributed by atoms with Crippen molar-refractivity contribution in [2.75, 3.05) is 50.7 Å². The van der Waals surface area contributed by atoms with Gasteiger partial charge in [-0.2, -0.15) is 0 Å². The summed E-state index contributed by atoms with van der Waals surface area (Å²) in [6.45, 7) is 7.89. The van der Waals surface area contributed by atoms with E-state index in [-0.39, 0.29) is 17.7 Å². The second-order valence-corrected chi connectivity index (χ2v) is 10.4. The molecule has 36 heavy (non-hydrogen) atoms. The molecule has 2 amide bonds. The molecule has 192 valence electrons. The Morgan fingerprint density at radius 2 is 1.75 bits per heavy atom. The number of Topliss-reactive ketones (excluding diaryl/α,β-unsaturated/α-hetero) is 1. The number of benzene rings is 1. The minimum Gasteiger partial charge on any atom is -0.390 e. The van der Waals surface area contributed by atoms with Crippen molar-refractivity contribution in [2.24, 2.45) is 5.92 Å². The summed E-state index contributed by atoms with van der Waals surface area (Å²) in [6, 6.07) is 12.5. The number of β-amino-alcohol motifs (C(OH)–C–C–N with tert-alkyl or cyclic N) is 1. The average molecular weight is 492 g/mol. The maximum atomic E-state index is 13.0. The zero-order valence-electron chi connectivity index (χ0n) is 21.2. The zero-order chi connectivity index (χ0) is 25.1. The van der Waals surface area contributed by atoms with Crippen molar-refractivity contribution in [3.63, 3.8) is 0 Å². The molecule has 0 spiro atoms. The largest absolute Gasteiger partial charge is 0.390 e. The van der Waals surface area contributed by atoms with Gasteiger partial charge in [-0.05, 0) is 49.4 Å². The second-order valence-electron chi connectivity index (χ2n) is 10.4. The number of fused-ring (bicyclic) bond motifs is 1. The molecule has 1 N–H and O–H groups in total. The third kappa shape index (κ3) is 5.71. The maximum Gasteiger partial charge on any atom is 0.320 e. The van der Waals surface area contributed by atoms with Crippen molar-refractivity contribution < 1.29 is 14.7 Å². The number of ketones is 1. The molecule has 8 nitrogen and oxygen atoms in total. The first-order valence-corrected chi connectivity index (χ1v) is 13.2. The first kappa shape index (κ1) is 24.7. The van der Waals surface area contributed by atoms with Gasteiger partial charge in [-0.1, -0.05) is 24.3 Å². The summed E-state index contributed by atoms with van der Waals surface area (Å²) in [5.74, 6) is 0.477. The van der Waals surface area contributed by atoms with E-state index in [1.54, 1.807) is 11.8 Å². The van der Waals surface area contributed by atoms with Crippen LogP contribution in [0, 0.1) is 5.92 Å². The van der Waals surface area contributed by atoms with Gasteiger partial charge in [0, 0.05) is 58.3 Å². The monoisotopic (exact) mass is 491 g/mol. The van der Waals surface area contributed by atoms with Crippen molar-refractivity contribution in [3.05, 3.63) is 59.4 Å². The second kappa shape index (κ2) is 11.0. The Labute approximate surface area is 213 Å². The molecule has 8 heteroatoms. The molecular weight excluding hydrogens is 454 g/mol. The molecule has 1 aromatic heterocycles. The highest BCUT2D eigenvalue weighted by molar-refractivity contribution is 5.78. The number of piperidine rings is 1. The Hall–Kier alpha value is -2.97. The minimum absolute atomic E-state index is 0.0322. The van der Waals surface area contributed by atoms with Gasteiger partial charge in [-0.25, -0.2) is 4.79 Å². The quantitative estimate of drug-likeness (QED) is 0.611. The predicted octanol–water partition coefficient (Wildman–Crippen LogP) is 2.54. The first-order valence-electron chi connectivity index (χ1n) is 13.2. The lowest BCUT2D eigenvalue weighted by Gasteiger charge is -2.32. The molecule has 2 fully saturated rings. The van der Waals surface area contributed by atoms with E-state index in [0.29, 0.717) is 32.7 Å². The molecule has 0 aliphatic carbocycles. The van der Waals surface area contributed by atoms with Crippen LogP contribution in [0.4, 0.5) is 10.5 Å². The molecule has 4 heterocycles. The van der Waals surface area contributed by atoms with Gasteiger partial charge in [0.15, 0.2) is 0 Å².